The second kappa shape index (κ2) is 5.28. The number of urea groups is 1. The number of methoxy groups -OCH3 is 1. The Balaban J connectivity index is 1.32. The molecule has 2 saturated carbocycles. The Bertz CT molecular complexity index is 797. The molecule has 7 nitrogen and oxygen atoms in total. The third-order valence-corrected chi connectivity index (χ3v) is 6.06. The van der Waals surface area contributed by atoms with Crippen LogP contribution in [-0.4, -0.2) is 48.7 Å². The van der Waals surface area contributed by atoms with Crippen LogP contribution in [0.25, 0.3) is 0 Å². The highest BCUT2D eigenvalue weighted by atomic mass is 16.5. The summed E-state index contributed by atoms with van der Waals surface area (Å²) in [6, 6.07) is 3.04. The minimum Gasteiger partial charge on any atom is -0.496 e. The summed E-state index contributed by atoms with van der Waals surface area (Å²) in [5.41, 5.74) is 1.27. The fraction of sp³-hybridized carbons (Fsp3) is 0.579. The first kappa shape index (κ1) is 15.8. The van der Waals surface area contributed by atoms with Crippen LogP contribution in [0, 0.1) is 0 Å². The number of benzene rings is 1. The first-order valence-corrected chi connectivity index (χ1v) is 9.16. The van der Waals surface area contributed by atoms with E-state index in [1.54, 1.807) is 14.0 Å². The molecule has 2 heterocycles. The SMILES string of the molecule is COc1cc2c(c(OC3CC(N4C(=O)N[C@@H](C)C4=O)C3)c1)C1(CC1)CO2. The smallest absolute Gasteiger partial charge is 0.325 e. The van der Waals surface area contributed by atoms with E-state index in [-0.39, 0.29) is 29.5 Å². The second-order valence-corrected chi connectivity index (χ2v) is 7.81. The van der Waals surface area contributed by atoms with Crippen LogP contribution >= 0.6 is 0 Å². The Morgan fingerprint density at radius 3 is 2.65 bits per heavy atom. The molecule has 3 amide bonds. The predicted octanol–water partition coefficient (Wildman–Crippen LogP) is 1.97. The number of ether oxygens (including phenoxy) is 3. The predicted molar refractivity (Wildman–Crippen MR) is 91.7 cm³/mol. The van der Waals surface area contributed by atoms with Crippen LogP contribution in [0.4, 0.5) is 4.79 Å². The molecule has 1 aromatic rings. The fourth-order valence-electron chi connectivity index (χ4n) is 4.24. The van der Waals surface area contributed by atoms with Crippen molar-refractivity contribution in [1.82, 2.24) is 10.2 Å². The molecule has 0 unspecified atom stereocenters. The molecule has 0 aromatic heterocycles. The molecule has 2 aliphatic carbocycles. The Kier molecular flexibility index (Phi) is 3.21. The molecule has 26 heavy (non-hydrogen) atoms. The summed E-state index contributed by atoms with van der Waals surface area (Å²) in [4.78, 5) is 25.4. The van der Waals surface area contributed by atoms with Crippen LogP contribution in [0.2, 0.25) is 0 Å². The fourth-order valence-corrected chi connectivity index (χ4v) is 4.24. The number of hydrogen-bond acceptors (Lipinski definition) is 5. The van der Waals surface area contributed by atoms with E-state index < -0.39 is 6.04 Å². The first-order chi connectivity index (χ1) is 12.5. The second-order valence-electron chi connectivity index (χ2n) is 7.81. The van der Waals surface area contributed by atoms with Crippen molar-refractivity contribution < 1.29 is 23.8 Å². The van der Waals surface area contributed by atoms with Crippen molar-refractivity contribution in [2.24, 2.45) is 0 Å². The minimum absolute atomic E-state index is 0.0101. The number of carbonyl (C=O) groups excluding carboxylic acids is 2. The standard InChI is InChI=1S/C19H22N2O5/c1-10-17(22)21(18(23)20-10)11-5-13(6-11)26-15-8-12(24-2)7-14-16(15)19(3-4-19)9-25-14/h7-8,10-11,13H,3-6,9H2,1-2H3,(H,20,23)/t10-,11?,13?/m0/s1. The number of hydrogen-bond donors (Lipinski definition) is 1. The van der Waals surface area contributed by atoms with E-state index >= 15 is 0 Å². The van der Waals surface area contributed by atoms with Crippen LogP contribution in [0.3, 0.4) is 0 Å². The molecule has 138 valence electrons. The van der Waals surface area contributed by atoms with Gasteiger partial charge in [-0.05, 0) is 19.8 Å². The summed E-state index contributed by atoms with van der Waals surface area (Å²) in [5.74, 6) is 2.25. The maximum atomic E-state index is 12.1. The minimum atomic E-state index is -0.434. The Labute approximate surface area is 151 Å². The van der Waals surface area contributed by atoms with Crippen molar-refractivity contribution in [2.75, 3.05) is 13.7 Å². The number of nitrogens with zero attached hydrogens (tertiary/aromatic N) is 1. The lowest BCUT2D eigenvalue weighted by Crippen LogP contribution is -2.52. The zero-order valence-electron chi connectivity index (χ0n) is 14.9. The van der Waals surface area contributed by atoms with Gasteiger partial charge in [-0.1, -0.05) is 0 Å². The van der Waals surface area contributed by atoms with Crippen LogP contribution in [0.5, 0.6) is 17.2 Å². The van der Waals surface area contributed by atoms with Crippen molar-refractivity contribution in [3.8, 4) is 17.2 Å². The van der Waals surface area contributed by atoms with Crippen LogP contribution in [-0.2, 0) is 10.2 Å². The van der Waals surface area contributed by atoms with Gasteiger partial charge in [0.1, 0.15) is 29.4 Å². The highest BCUT2D eigenvalue weighted by Crippen LogP contribution is 2.59. The molecule has 4 aliphatic rings. The quantitative estimate of drug-likeness (QED) is 0.833. The van der Waals surface area contributed by atoms with Gasteiger partial charge in [-0.3, -0.25) is 9.69 Å². The number of rotatable bonds is 4. The van der Waals surface area contributed by atoms with E-state index in [4.69, 9.17) is 14.2 Å². The molecule has 1 saturated heterocycles. The number of imide groups is 1. The van der Waals surface area contributed by atoms with E-state index in [1.807, 2.05) is 12.1 Å². The molecule has 1 N–H and O–H groups in total. The lowest BCUT2D eigenvalue weighted by molar-refractivity contribution is -0.131. The Hall–Kier alpha value is -2.44. The van der Waals surface area contributed by atoms with Gasteiger partial charge < -0.3 is 19.5 Å². The monoisotopic (exact) mass is 358 g/mol. The number of fused-ring (bicyclic) bond motifs is 2. The molecule has 3 fully saturated rings. The van der Waals surface area contributed by atoms with Crippen molar-refractivity contribution >= 4 is 11.9 Å². The van der Waals surface area contributed by atoms with Gasteiger partial charge in [0, 0.05) is 42.0 Å². The van der Waals surface area contributed by atoms with Gasteiger partial charge in [0.05, 0.1) is 13.7 Å². The number of nitrogens with one attached hydrogen (secondary N) is 1. The molecule has 2 aliphatic heterocycles. The van der Waals surface area contributed by atoms with Gasteiger partial charge in [0.25, 0.3) is 5.91 Å². The van der Waals surface area contributed by atoms with Crippen molar-refractivity contribution in [1.29, 1.82) is 0 Å². The lowest BCUT2D eigenvalue weighted by atomic mass is 9.87. The average molecular weight is 358 g/mol. The van der Waals surface area contributed by atoms with Crippen LogP contribution in [0.1, 0.15) is 38.2 Å². The summed E-state index contributed by atoms with van der Waals surface area (Å²) < 4.78 is 17.5. The number of amides is 3. The first-order valence-electron chi connectivity index (χ1n) is 9.16. The van der Waals surface area contributed by atoms with Gasteiger partial charge in [-0.2, -0.15) is 0 Å². The summed E-state index contributed by atoms with van der Waals surface area (Å²) in [6.07, 6.45) is 3.55. The summed E-state index contributed by atoms with van der Waals surface area (Å²) in [6.45, 7) is 2.42. The molecule has 1 atom stereocenters. The van der Waals surface area contributed by atoms with Crippen LogP contribution in [0.15, 0.2) is 12.1 Å². The molecular weight excluding hydrogens is 336 g/mol. The normalized spacial score (nSPS) is 30.5. The zero-order valence-corrected chi connectivity index (χ0v) is 14.9. The Morgan fingerprint density at radius 2 is 2.04 bits per heavy atom. The maximum Gasteiger partial charge on any atom is 0.325 e. The van der Waals surface area contributed by atoms with Gasteiger partial charge in [0.15, 0.2) is 0 Å². The third-order valence-electron chi connectivity index (χ3n) is 6.06. The molecule has 5 rings (SSSR count). The van der Waals surface area contributed by atoms with E-state index in [0.717, 1.165) is 35.7 Å². The largest absolute Gasteiger partial charge is 0.496 e. The average Bonchev–Trinajstić information content (AvgIpc) is 3.20. The van der Waals surface area contributed by atoms with Crippen molar-refractivity contribution in [2.45, 2.75) is 56.2 Å². The zero-order chi connectivity index (χ0) is 18.1. The van der Waals surface area contributed by atoms with E-state index in [1.165, 1.54) is 4.90 Å². The van der Waals surface area contributed by atoms with Crippen molar-refractivity contribution in [3.63, 3.8) is 0 Å². The summed E-state index contributed by atoms with van der Waals surface area (Å²) in [5, 5.41) is 2.66. The van der Waals surface area contributed by atoms with Gasteiger partial charge in [-0.15, -0.1) is 0 Å². The third kappa shape index (κ3) is 2.19. The van der Waals surface area contributed by atoms with E-state index in [2.05, 4.69) is 5.32 Å². The van der Waals surface area contributed by atoms with Crippen LogP contribution < -0.4 is 19.5 Å². The number of carbonyl (C=O) groups is 2. The highest BCUT2D eigenvalue weighted by Gasteiger charge is 2.53. The molecule has 7 heteroatoms. The molecule has 1 spiro atoms. The van der Waals surface area contributed by atoms with Gasteiger partial charge >= 0.3 is 6.03 Å². The van der Waals surface area contributed by atoms with E-state index in [9.17, 15) is 9.59 Å². The molecular formula is C19H22N2O5. The van der Waals surface area contributed by atoms with Crippen molar-refractivity contribution in [3.05, 3.63) is 17.7 Å². The molecule has 1 aromatic carbocycles. The van der Waals surface area contributed by atoms with Gasteiger partial charge in [-0.25, -0.2) is 4.79 Å². The summed E-state index contributed by atoms with van der Waals surface area (Å²) in [7, 11) is 1.63. The molecule has 0 radical (unpaired) electrons. The summed E-state index contributed by atoms with van der Waals surface area (Å²) >= 11 is 0. The maximum absolute atomic E-state index is 12.1. The Morgan fingerprint density at radius 1 is 1.27 bits per heavy atom. The van der Waals surface area contributed by atoms with E-state index in [0.29, 0.717) is 19.4 Å². The lowest BCUT2D eigenvalue weighted by Gasteiger charge is -2.39. The topological polar surface area (TPSA) is 77.1 Å². The molecule has 0 bridgehead atoms. The van der Waals surface area contributed by atoms with Gasteiger partial charge in [0.2, 0.25) is 0 Å². The highest BCUT2D eigenvalue weighted by molar-refractivity contribution is 6.04.